The van der Waals surface area contributed by atoms with Crippen LogP contribution < -0.4 is 9.80 Å². The lowest BCUT2D eigenvalue weighted by Gasteiger charge is -2.33. The van der Waals surface area contributed by atoms with Crippen molar-refractivity contribution < 1.29 is 0 Å². The maximum atomic E-state index is 2.56. The van der Waals surface area contributed by atoms with Crippen LogP contribution >= 0.6 is 0 Å². The molecular formula is C60H44N2. The second-order valence-electron chi connectivity index (χ2n) is 17.4. The van der Waals surface area contributed by atoms with Crippen molar-refractivity contribution >= 4 is 87.4 Å². The van der Waals surface area contributed by atoms with Gasteiger partial charge in [-0.25, -0.2) is 0 Å². The summed E-state index contributed by atoms with van der Waals surface area (Å²) in [6.45, 7) is 1.99. The van der Waals surface area contributed by atoms with Crippen LogP contribution in [0.2, 0.25) is 0 Å². The van der Waals surface area contributed by atoms with E-state index in [1.54, 1.807) is 0 Å². The summed E-state index contributed by atoms with van der Waals surface area (Å²) < 4.78 is 0. The van der Waals surface area contributed by atoms with Gasteiger partial charge in [0.15, 0.2) is 0 Å². The molecule has 0 aromatic heterocycles. The van der Waals surface area contributed by atoms with Crippen molar-refractivity contribution in [1.82, 2.24) is 0 Å². The molecular weight excluding hydrogens is 749 g/mol. The van der Waals surface area contributed by atoms with Crippen LogP contribution in [0.4, 0.5) is 22.7 Å². The molecule has 62 heavy (non-hydrogen) atoms. The Morgan fingerprint density at radius 3 is 1.15 bits per heavy atom. The molecule has 11 aromatic carbocycles. The SMILES string of the molecule is c1ccc2c(c1)CCCN2c1ccc2c(-c3cc4ccccc4c4ccccc34)c3cc(N4CCCc5ccccc54)ccc3c(-c3cc4ccccc4c4ccccc34)c2c1. The third kappa shape index (κ3) is 5.43. The van der Waals surface area contributed by atoms with Gasteiger partial charge in [-0.1, -0.05) is 146 Å². The van der Waals surface area contributed by atoms with E-state index in [4.69, 9.17) is 0 Å². The van der Waals surface area contributed by atoms with Gasteiger partial charge in [-0.2, -0.15) is 0 Å². The van der Waals surface area contributed by atoms with Gasteiger partial charge in [0.2, 0.25) is 0 Å². The second kappa shape index (κ2) is 14.1. The molecule has 0 bridgehead atoms. The number of aryl methyl sites for hydroxylation is 2. The van der Waals surface area contributed by atoms with Gasteiger partial charge in [-0.15, -0.1) is 0 Å². The quantitative estimate of drug-likeness (QED) is 0.129. The molecule has 294 valence electrons. The molecule has 11 aromatic rings. The Morgan fingerprint density at radius 2 is 0.677 bits per heavy atom. The minimum atomic E-state index is 0.993. The second-order valence-corrected chi connectivity index (χ2v) is 17.4. The van der Waals surface area contributed by atoms with E-state index in [1.807, 2.05) is 0 Å². The highest BCUT2D eigenvalue weighted by atomic mass is 15.1. The Balaban J connectivity index is 1.21. The van der Waals surface area contributed by atoms with Crippen LogP contribution in [0.5, 0.6) is 0 Å². The first-order valence-electron chi connectivity index (χ1n) is 22.3. The highest BCUT2D eigenvalue weighted by Gasteiger charge is 2.26. The van der Waals surface area contributed by atoms with E-state index in [0.29, 0.717) is 0 Å². The molecule has 13 rings (SSSR count). The zero-order chi connectivity index (χ0) is 40.7. The molecule has 0 fully saturated rings. The number of fused-ring (bicyclic) bond motifs is 10. The maximum Gasteiger partial charge on any atom is 0.0443 e. The normalized spacial score (nSPS) is 14.0. The highest BCUT2D eigenvalue weighted by Crippen LogP contribution is 2.51. The molecule has 0 saturated carbocycles. The first kappa shape index (κ1) is 35.3. The lowest BCUT2D eigenvalue weighted by atomic mass is 9.82. The van der Waals surface area contributed by atoms with Gasteiger partial charge in [0.25, 0.3) is 0 Å². The third-order valence-electron chi connectivity index (χ3n) is 14.0. The molecule has 0 N–H and O–H groups in total. The number of hydrogen-bond acceptors (Lipinski definition) is 2. The number of para-hydroxylation sites is 2. The standard InChI is InChI=1S/C60H44N2/c1-5-21-45-41(17-1)35-53(49-25-9-7-23-47(45)49)59-51-31-29-44(62-34-14-20-40-16-4-12-28-58(40)62)38-56(51)60(54-36-42-18-2-6-22-46(42)48-24-8-10-26-50(48)54)52-32-30-43(37-55(52)59)61-33-13-19-39-15-3-11-27-57(39)61/h1-12,15-18,21-32,35-38H,13-14,19-20,33-34H2. The summed E-state index contributed by atoms with van der Waals surface area (Å²) in [6, 6.07) is 73.6. The number of benzene rings is 11. The number of nitrogens with zero attached hydrogens (tertiary/aromatic N) is 2. The molecule has 2 aliphatic rings. The fourth-order valence-corrected chi connectivity index (χ4v) is 11.2. The molecule has 0 amide bonds. The predicted octanol–water partition coefficient (Wildman–Crippen LogP) is 16.1. The Kier molecular flexibility index (Phi) is 8.03. The summed E-state index contributed by atoms with van der Waals surface area (Å²) in [5.41, 5.74) is 13.1. The molecule has 0 spiro atoms. The average molecular weight is 793 g/mol. The molecule has 0 radical (unpaired) electrons. The van der Waals surface area contributed by atoms with Crippen molar-refractivity contribution in [1.29, 1.82) is 0 Å². The van der Waals surface area contributed by atoms with E-state index in [-0.39, 0.29) is 0 Å². The smallest absolute Gasteiger partial charge is 0.0443 e. The van der Waals surface area contributed by atoms with Crippen LogP contribution in [0.1, 0.15) is 24.0 Å². The van der Waals surface area contributed by atoms with Gasteiger partial charge in [0.05, 0.1) is 0 Å². The lowest BCUT2D eigenvalue weighted by molar-refractivity contribution is 0.767. The summed E-state index contributed by atoms with van der Waals surface area (Å²) in [7, 11) is 0. The van der Waals surface area contributed by atoms with E-state index < -0.39 is 0 Å². The van der Waals surface area contributed by atoms with Crippen LogP contribution in [0.3, 0.4) is 0 Å². The zero-order valence-corrected chi connectivity index (χ0v) is 34.6. The van der Waals surface area contributed by atoms with E-state index in [9.17, 15) is 0 Å². The molecule has 0 aliphatic carbocycles. The Morgan fingerprint density at radius 1 is 0.290 bits per heavy atom. The molecule has 2 nitrogen and oxygen atoms in total. The monoisotopic (exact) mass is 792 g/mol. The maximum absolute atomic E-state index is 2.56. The predicted molar refractivity (Wildman–Crippen MR) is 266 cm³/mol. The number of hydrogen-bond donors (Lipinski definition) is 0. The van der Waals surface area contributed by atoms with Gasteiger partial charge in [-0.3, -0.25) is 0 Å². The third-order valence-corrected chi connectivity index (χ3v) is 14.0. The van der Waals surface area contributed by atoms with Gasteiger partial charge < -0.3 is 9.80 Å². The van der Waals surface area contributed by atoms with Crippen LogP contribution in [0, 0.1) is 0 Å². The molecule has 0 atom stereocenters. The van der Waals surface area contributed by atoms with Gasteiger partial charge >= 0.3 is 0 Å². The van der Waals surface area contributed by atoms with E-state index in [1.165, 1.54) is 121 Å². The molecule has 2 heterocycles. The van der Waals surface area contributed by atoms with Crippen LogP contribution in [0.15, 0.2) is 194 Å². The fraction of sp³-hybridized carbons (Fsp3) is 0.100. The molecule has 0 saturated heterocycles. The summed E-state index contributed by atoms with van der Waals surface area (Å²) in [5.74, 6) is 0. The number of anilines is 4. The van der Waals surface area contributed by atoms with Gasteiger partial charge in [0, 0.05) is 35.8 Å². The van der Waals surface area contributed by atoms with E-state index in [2.05, 4.69) is 204 Å². The van der Waals surface area contributed by atoms with Crippen molar-refractivity contribution in [3.8, 4) is 22.3 Å². The summed E-state index contributed by atoms with van der Waals surface area (Å²) in [5, 5.41) is 15.3. The van der Waals surface area contributed by atoms with Crippen molar-refractivity contribution in [3.05, 3.63) is 205 Å². The van der Waals surface area contributed by atoms with Crippen molar-refractivity contribution in [2.45, 2.75) is 25.7 Å². The van der Waals surface area contributed by atoms with E-state index in [0.717, 1.165) is 38.8 Å². The van der Waals surface area contributed by atoms with Gasteiger partial charge in [0.1, 0.15) is 0 Å². The lowest BCUT2D eigenvalue weighted by Crippen LogP contribution is -2.24. The van der Waals surface area contributed by atoms with Crippen molar-refractivity contribution in [3.63, 3.8) is 0 Å². The molecule has 0 unspecified atom stereocenters. The Bertz CT molecular complexity index is 3380. The Labute approximate surface area is 361 Å². The first-order valence-corrected chi connectivity index (χ1v) is 22.3. The topological polar surface area (TPSA) is 6.48 Å². The minimum absolute atomic E-state index is 0.993. The summed E-state index contributed by atoms with van der Waals surface area (Å²) in [4.78, 5) is 5.12. The van der Waals surface area contributed by atoms with Gasteiger partial charge in [-0.05, 0) is 172 Å². The molecule has 2 heteroatoms. The summed E-state index contributed by atoms with van der Waals surface area (Å²) >= 11 is 0. The van der Waals surface area contributed by atoms with E-state index >= 15 is 0 Å². The largest absolute Gasteiger partial charge is 0.341 e. The van der Waals surface area contributed by atoms with Crippen LogP contribution in [-0.4, -0.2) is 13.1 Å². The Hall–Kier alpha value is -7.42. The van der Waals surface area contributed by atoms with Crippen LogP contribution in [0.25, 0.3) is 86.9 Å². The molecule has 2 aliphatic heterocycles. The minimum Gasteiger partial charge on any atom is -0.341 e. The highest BCUT2D eigenvalue weighted by molar-refractivity contribution is 6.29. The number of rotatable bonds is 4. The zero-order valence-electron chi connectivity index (χ0n) is 34.6. The fourth-order valence-electron chi connectivity index (χ4n) is 11.2. The van der Waals surface area contributed by atoms with Crippen LogP contribution in [-0.2, 0) is 12.8 Å². The first-order chi connectivity index (χ1) is 30.8. The average Bonchev–Trinajstić information content (AvgIpc) is 3.34. The van der Waals surface area contributed by atoms with Crippen molar-refractivity contribution in [2.24, 2.45) is 0 Å². The van der Waals surface area contributed by atoms with Crippen molar-refractivity contribution in [2.75, 3.05) is 22.9 Å². The summed E-state index contributed by atoms with van der Waals surface area (Å²) in [6.07, 6.45) is 4.49.